The van der Waals surface area contributed by atoms with Gasteiger partial charge in [0.2, 0.25) is 0 Å². The predicted molar refractivity (Wildman–Crippen MR) is 157 cm³/mol. The second-order valence-corrected chi connectivity index (χ2v) is 12.0. The van der Waals surface area contributed by atoms with Gasteiger partial charge in [-0.05, 0) is 96.6 Å². The Kier molecular flexibility index (Phi) is 7.38. The molecule has 0 bridgehead atoms. The van der Waals surface area contributed by atoms with Gasteiger partial charge in [-0.2, -0.15) is 0 Å². The monoisotopic (exact) mass is 531 g/mol. The zero-order valence-corrected chi connectivity index (χ0v) is 22.6. The van der Waals surface area contributed by atoms with Crippen LogP contribution in [0.3, 0.4) is 0 Å². The first-order chi connectivity index (χ1) is 19.2. The van der Waals surface area contributed by atoms with E-state index in [-0.39, 0.29) is 23.5 Å². The number of esters is 1. The molecule has 1 fully saturated rings. The van der Waals surface area contributed by atoms with Crippen molar-refractivity contribution in [3.05, 3.63) is 133 Å². The first kappa shape index (κ1) is 25.3. The second kappa shape index (κ2) is 11.4. The third kappa shape index (κ3) is 5.57. The largest absolute Gasteiger partial charge is 0.482 e. The molecule has 1 aliphatic carbocycles. The van der Waals surface area contributed by atoms with Gasteiger partial charge >= 0.3 is 5.97 Å². The molecule has 0 spiro atoms. The molecule has 0 aromatic heterocycles. The minimum atomic E-state index is -0.575. The molecule has 0 unspecified atom stereocenters. The molecule has 194 valence electrons. The molecule has 0 N–H and O–H groups in total. The van der Waals surface area contributed by atoms with Crippen molar-refractivity contribution < 1.29 is 14.3 Å². The Labute approximate surface area is 232 Å². The van der Waals surface area contributed by atoms with Crippen LogP contribution in [0.4, 0.5) is 0 Å². The smallest absolute Gasteiger partial charge is 0.345 e. The average molecular weight is 532 g/mol. The van der Waals surface area contributed by atoms with Gasteiger partial charge in [0.1, 0.15) is 11.4 Å². The first-order valence-electron chi connectivity index (χ1n) is 13.5. The van der Waals surface area contributed by atoms with Gasteiger partial charge < -0.3 is 9.47 Å². The van der Waals surface area contributed by atoms with Crippen LogP contribution in [0, 0.1) is 0 Å². The third-order valence-corrected chi connectivity index (χ3v) is 9.60. The lowest BCUT2D eigenvalue weighted by molar-refractivity contribution is -0.163. The fourth-order valence-electron chi connectivity index (χ4n) is 5.45. The van der Waals surface area contributed by atoms with Gasteiger partial charge in [0, 0.05) is 0 Å². The van der Waals surface area contributed by atoms with Crippen LogP contribution in [0.1, 0.15) is 31.2 Å². The van der Waals surface area contributed by atoms with Crippen LogP contribution in [0.15, 0.2) is 142 Å². The van der Waals surface area contributed by atoms with Crippen molar-refractivity contribution in [1.29, 1.82) is 0 Å². The van der Waals surface area contributed by atoms with Crippen molar-refractivity contribution in [3.63, 3.8) is 0 Å². The van der Waals surface area contributed by atoms with E-state index in [1.54, 1.807) is 0 Å². The Morgan fingerprint density at radius 3 is 1.85 bits per heavy atom. The van der Waals surface area contributed by atoms with Crippen molar-refractivity contribution >= 4 is 27.6 Å². The van der Waals surface area contributed by atoms with Crippen LogP contribution in [0.5, 0.6) is 5.75 Å². The Morgan fingerprint density at radius 1 is 0.641 bits per heavy atom. The predicted octanol–water partition coefficient (Wildman–Crippen LogP) is 8.33. The summed E-state index contributed by atoms with van der Waals surface area (Å²) in [7, 11) is -0.223. The van der Waals surface area contributed by atoms with E-state index in [0.717, 1.165) is 31.2 Å². The zero-order valence-electron chi connectivity index (χ0n) is 21.8. The van der Waals surface area contributed by atoms with E-state index >= 15 is 0 Å². The number of benzene rings is 5. The van der Waals surface area contributed by atoms with Gasteiger partial charge in [0.25, 0.3) is 0 Å². The summed E-state index contributed by atoms with van der Waals surface area (Å²) in [6, 6.07) is 43.9. The summed E-state index contributed by atoms with van der Waals surface area (Å²) in [5.41, 5.74) is 0.499. The number of carbonyl (C=O) groups is 1. The first-order valence-corrected chi connectivity index (χ1v) is 14.7. The number of hydrogen-bond donors (Lipinski definition) is 0. The summed E-state index contributed by atoms with van der Waals surface area (Å²) in [5.74, 6) is 0.328. The van der Waals surface area contributed by atoms with E-state index in [4.69, 9.17) is 9.47 Å². The lowest BCUT2D eigenvalue weighted by Gasteiger charge is -2.30. The molecule has 5 aromatic carbocycles. The number of hydrogen-bond acceptors (Lipinski definition) is 3. The van der Waals surface area contributed by atoms with E-state index < -0.39 is 5.60 Å². The molecule has 1 aliphatic rings. The maximum absolute atomic E-state index is 13.0. The van der Waals surface area contributed by atoms with Crippen LogP contribution in [-0.2, 0) is 26.0 Å². The number of fused-ring (bicyclic) bond motifs is 1. The molecule has 6 rings (SSSR count). The Hall–Kier alpha value is -4.02. The molecule has 3 nitrogen and oxygen atoms in total. The summed E-state index contributed by atoms with van der Waals surface area (Å²) in [6.45, 7) is -0.113. The summed E-state index contributed by atoms with van der Waals surface area (Å²) >= 11 is 0. The van der Waals surface area contributed by atoms with Crippen molar-refractivity contribution in [3.8, 4) is 5.75 Å². The van der Waals surface area contributed by atoms with Gasteiger partial charge in [0.15, 0.2) is 21.3 Å². The molecule has 0 radical (unpaired) electrons. The number of ether oxygens (including phenoxy) is 2. The molecule has 4 heteroatoms. The Bertz CT molecular complexity index is 1500. The molecular formula is C35H31O3S+. The number of carbonyl (C=O) groups excluding carboxylic acids is 1. The van der Waals surface area contributed by atoms with Gasteiger partial charge in [0.05, 0.1) is 10.9 Å². The summed E-state index contributed by atoms with van der Waals surface area (Å²) in [6.07, 6.45) is 3.78. The van der Waals surface area contributed by atoms with Gasteiger partial charge in [-0.3, -0.25) is 0 Å². The van der Waals surface area contributed by atoms with E-state index in [2.05, 4.69) is 91.0 Å². The van der Waals surface area contributed by atoms with Crippen molar-refractivity contribution in [2.24, 2.45) is 0 Å². The second-order valence-electron chi connectivity index (χ2n) is 9.93. The molecule has 0 amide bonds. The minimum absolute atomic E-state index is 0.113. The fraction of sp³-hybridized carbons (Fsp3) is 0.171. The van der Waals surface area contributed by atoms with Crippen molar-refractivity contribution in [2.75, 3.05) is 6.61 Å². The molecular weight excluding hydrogens is 500 g/mol. The Morgan fingerprint density at radius 2 is 1.21 bits per heavy atom. The molecule has 1 saturated carbocycles. The van der Waals surface area contributed by atoms with E-state index in [9.17, 15) is 4.79 Å². The van der Waals surface area contributed by atoms with E-state index in [1.165, 1.54) is 25.5 Å². The van der Waals surface area contributed by atoms with Crippen LogP contribution < -0.4 is 4.74 Å². The number of rotatable bonds is 8. The van der Waals surface area contributed by atoms with Crippen LogP contribution >= 0.6 is 0 Å². The quantitative estimate of drug-likeness (QED) is 0.149. The highest BCUT2D eigenvalue weighted by molar-refractivity contribution is 7.97. The molecule has 0 aliphatic heterocycles. The van der Waals surface area contributed by atoms with Crippen molar-refractivity contribution in [1.82, 2.24) is 0 Å². The maximum Gasteiger partial charge on any atom is 0.345 e. The normalized spacial score (nSPS) is 14.4. The standard InChI is InChI=1S/C35H31O3S/c36-34(38-35(23-9-10-24-35)29-18-17-27-11-7-8-12-28(27)25-29)26-37-30-19-21-33(22-20-30)39(31-13-3-1-4-14-31)32-15-5-2-6-16-32/h1-8,11-22,25H,9-10,23-24,26H2/q+1. The van der Waals surface area contributed by atoms with Gasteiger partial charge in [-0.25, -0.2) is 4.79 Å². The van der Waals surface area contributed by atoms with Crippen LogP contribution in [0.25, 0.3) is 10.8 Å². The highest BCUT2D eigenvalue weighted by Gasteiger charge is 2.39. The van der Waals surface area contributed by atoms with Crippen LogP contribution in [-0.4, -0.2) is 12.6 Å². The van der Waals surface area contributed by atoms with Crippen LogP contribution in [0.2, 0.25) is 0 Å². The van der Waals surface area contributed by atoms with E-state index in [0.29, 0.717) is 5.75 Å². The van der Waals surface area contributed by atoms with Gasteiger partial charge in [-0.1, -0.05) is 72.8 Å². The molecule has 0 heterocycles. The minimum Gasteiger partial charge on any atom is -0.482 e. The topological polar surface area (TPSA) is 35.5 Å². The average Bonchev–Trinajstić information content (AvgIpc) is 3.47. The van der Waals surface area contributed by atoms with E-state index in [1.807, 2.05) is 36.4 Å². The molecule has 39 heavy (non-hydrogen) atoms. The summed E-state index contributed by atoms with van der Waals surface area (Å²) in [4.78, 5) is 16.7. The Balaban J connectivity index is 1.15. The maximum atomic E-state index is 13.0. The molecule has 0 atom stereocenters. The fourth-order valence-corrected chi connectivity index (χ4v) is 7.53. The zero-order chi connectivity index (χ0) is 26.5. The summed E-state index contributed by atoms with van der Waals surface area (Å²) in [5, 5.41) is 2.36. The highest BCUT2D eigenvalue weighted by atomic mass is 32.2. The lowest BCUT2D eigenvalue weighted by atomic mass is 9.90. The SMILES string of the molecule is O=C(COc1ccc([S+](c2ccccc2)c2ccccc2)cc1)OC1(c2ccc3ccccc3c2)CCCC1. The molecule has 0 saturated heterocycles. The molecule has 5 aromatic rings. The third-order valence-electron chi connectivity index (χ3n) is 7.37. The lowest BCUT2D eigenvalue weighted by Crippen LogP contribution is -2.31. The highest BCUT2D eigenvalue weighted by Crippen LogP contribution is 2.43. The van der Waals surface area contributed by atoms with Gasteiger partial charge in [-0.15, -0.1) is 0 Å². The van der Waals surface area contributed by atoms with Crippen molar-refractivity contribution in [2.45, 2.75) is 46.0 Å². The summed E-state index contributed by atoms with van der Waals surface area (Å²) < 4.78 is 12.1.